The lowest BCUT2D eigenvalue weighted by molar-refractivity contribution is -0.134. The van der Waals surface area contributed by atoms with Gasteiger partial charge in [0.25, 0.3) is 0 Å². The number of rotatable bonds is 7. The number of carboxylic acids is 1. The van der Waals surface area contributed by atoms with E-state index in [1.165, 1.54) is 17.3 Å². The third-order valence-corrected chi connectivity index (χ3v) is 5.08. The molecule has 0 radical (unpaired) electrons. The van der Waals surface area contributed by atoms with Crippen LogP contribution in [0.15, 0.2) is 30.3 Å². The van der Waals surface area contributed by atoms with E-state index in [0.29, 0.717) is 18.2 Å². The van der Waals surface area contributed by atoms with E-state index >= 15 is 0 Å². The van der Waals surface area contributed by atoms with Gasteiger partial charge in [-0.1, -0.05) is 30.3 Å². The molecule has 4 nitrogen and oxygen atoms in total. The van der Waals surface area contributed by atoms with Crippen molar-refractivity contribution >= 4 is 23.6 Å². The molecule has 5 heteroatoms. The van der Waals surface area contributed by atoms with Gasteiger partial charge in [-0.2, -0.15) is 0 Å². The smallest absolute Gasteiger partial charge is 0.313 e. The van der Waals surface area contributed by atoms with Crippen molar-refractivity contribution in [2.75, 3.05) is 18.1 Å². The molecule has 0 aliphatic heterocycles. The molecule has 1 aliphatic carbocycles. The monoisotopic (exact) mass is 321 g/mol. The first kappa shape index (κ1) is 16.9. The molecule has 2 rings (SSSR count). The summed E-state index contributed by atoms with van der Waals surface area (Å²) in [5.74, 6) is 0.758. The Kier molecular flexibility index (Phi) is 6.77. The van der Waals surface area contributed by atoms with Gasteiger partial charge in [-0.15, -0.1) is 11.8 Å². The molecule has 1 saturated carbocycles. The van der Waals surface area contributed by atoms with Crippen molar-refractivity contribution in [3.8, 4) is 0 Å². The van der Waals surface area contributed by atoms with Crippen LogP contribution >= 0.6 is 11.8 Å². The maximum Gasteiger partial charge on any atom is 0.313 e. The van der Waals surface area contributed by atoms with Crippen LogP contribution in [0.1, 0.15) is 37.2 Å². The van der Waals surface area contributed by atoms with E-state index in [0.717, 1.165) is 25.7 Å². The highest BCUT2D eigenvalue weighted by Crippen LogP contribution is 2.35. The number of aliphatic carboxylic acids is 1. The topological polar surface area (TPSA) is 66.4 Å². The Morgan fingerprint density at radius 1 is 1.14 bits per heavy atom. The molecule has 1 fully saturated rings. The standard InChI is InChI=1S/C17H23NO3S/c19-16(20)12-22-11-10-18-17(21)15-8-6-14(7-9-15)13-4-2-1-3-5-13/h1-5,14-15H,6-12H2,(H,18,21)(H,19,20). The second-order valence-corrected chi connectivity index (χ2v) is 6.80. The van der Waals surface area contributed by atoms with E-state index in [1.807, 2.05) is 6.07 Å². The Hall–Kier alpha value is -1.49. The number of amides is 1. The summed E-state index contributed by atoms with van der Waals surface area (Å²) in [4.78, 5) is 22.5. The molecule has 0 saturated heterocycles. The second-order valence-electron chi connectivity index (χ2n) is 5.70. The molecule has 0 unspecified atom stereocenters. The lowest BCUT2D eigenvalue weighted by Gasteiger charge is -2.28. The number of thioether (sulfide) groups is 1. The first-order valence-corrected chi connectivity index (χ1v) is 8.94. The lowest BCUT2D eigenvalue weighted by Crippen LogP contribution is -2.34. The number of nitrogens with one attached hydrogen (secondary N) is 1. The minimum absolute atomic E-state index is 0.0953. The largest absolute Gasteiger partial charge is 0.481 e. The molecule has 0 bridgehead atoms. The van der Waals surface area contributed by atoms with E-state index in [4.69, 9.17) is 5.11 Å². The van der Waals surface area contributed by atoms with Crippen LogP contribution in [0.3, 0.4) is 0 Å². The van der Waals surface area contributed by atoms with E-state index in [1.54, 1.807) is 0 Å². The van der Waals surface area contributed by atoms with Crippen molar-refractivity contribution in [1.82, 2.24) is 5.32 Å². The van der Waals surface area contributed by atoms with Crippen molar-refractivity contribution in [2.24, 2.45) is 5.92 Å². The number of hydrogen-bond donors (Lipinski definition) is 2. The molecule has 120 valence electrons. The SMILES string of the molecule is O=C(O)CSCCNC(=O)C1CCC(c2ccccc2)CC1. The van der Waals surface area contributed by atoms with Crippen molar-refractivity contribution in [3.05, 3.63) is 35.9 Å². The van der Waals surface area contributed by atoms with Crippen LogP contribution in [0.4, 0.5) is 0 Å². The highest BCUT2D eigenvalue weighted by Gasteiger charge is 2.26. The highest BCUT2D eigenvalue weighted by molar-refractivity contribution is 7.99. The number of carbonyl (C=O) groups excluding carboxylic acids is 1. The summed E-state index contributed by atoms with van der Waals surface area (Å²) in [6.07, 6.45) is 4.01. The molecule has 1 aromatic rings. The zero-order chi connectivity index (χ0) is 15.8. The van der Waals surface area contributed by atoms with Crippen LogP contribution in [0.2, 0.25) is 0 Å². The average molecular weight is 321 g/mol. The quantitative estimate of drug-likeness (QED) is 0.758. The summed E-state index contributed by atoms with van der Waals surface area (Å²) in [6.45, 7) is 0.551. The molecule has 1 aromatic carbocycles. The average Bonchev–Trinajstić information content (AvgIpc) is 2.55. The van der Waals surface area contributed by atoms with Gasteiger partial charge in [0.15, 0.2) is 0 Å². The third-order valence-electron chi connectivity index (χ3n) is 4.14. The zero-order valence-electron chi connectivity index (χ0n) is 12.7. The maximum absolute atomic E-state index is 12.1. The zero-order valence-corrected chi connectivity index (χ0v) is 13.5. The molecule has 1 aliphatic rings. The van der Waals surface area contributed by atoms with Gasteiger partial charge in [0.2, 0.25) is 5.91 Å². The molecular weight excluding hydrogens is 298 g/mol. The molecule has 0 aromatic heterocycles. The molecule has 0 spiro atoms. The molecule has 1 amide bonds. The van der Waals surface area contributed by atoms with Gasteiger partial charge in [0.05, 0.1) is 5.75 Å². The normalized spacial score (nSPS) is 21.3. The van der Waals surface area contributed by atoms with Gasteiger partial charge >= 0.3 is 5.97 Å². The minimum Gasteiger partial charge on any atom is -0.481 e. The van der Waals surface area contributed by atoms with Gasteiger partial charge in [0, 0.05) is 18.2 Å². The highest BCUT2D eigenvalue weighted by atomic mass is 32.2. The van der Waals surface area contributed by atoms with Gasteiger partial charge in [-0.25, -0.2) is 0 Å². The predicted octanol–water partition coefficient (Wildman–Crippen LogP) is 2.89. The van der Waals surface area contributed by atoms with E-state index in [-0.39, 0.29) is 17.6 Å². The van der Waals surface area contributed by atoms with Crippen LogP contribution < -0.4 is 5.32 Å². The summed E-state index contributed by atoms with van der Waals surface area (Å²) in [6, 6.07) is 10.5. The number of benzene rings is 1. The van der Waals surface area contributed by atoms with Gasteiger partial charge < -0.3 is 10.4 Å². The third kappa shape index (κ3) is 5.37. The van der Waals surface area contributed by atoms with Crippen molar-refractivity contribution < 1.29 is 14.7 Å². The fraction of sp³-hybridized carbons (Fsp3) is 0.529. The van der Waals surface area contributed by atoms with Crippen LogP contribution in [0, 0.1) is 5.92 Å². The van der Waals surface area contributed by atoms with E-state index in [2.05, 4.69) is 29.6 Å². The number of hydrogen-bond acceptors (Lipinski definition) is 3. The fourth-order valence-electron chi connectivity index (χ4n) is 2.96. The predicted molar refractivity (Wildman–Crippen MR) is 89.1 cm³/mol. The number of carbonyl (C=O) groups is 2. The van der Waals surface area contributed by atoms with Gasteiger partial charge in [-0.05, 0) is 37.2 Å². The minimum atomic E-state index is -0.810. The Morgan fingerprint density at radius 2 is 1.82 bits per heavy atom. The number of carboxylic acid groups (broad SMARTS) is 1. The van der Waals surface area contributed by atoms with Crippen LogP contribution in [0.5, 0.6) is 0 Å². The molecule has 0 heterocycles. The van der Waals surface area contributed by atoms with E-state index < -0.39 is 5.97 Å². The summed E-state index contributed by atoms with van der Waals surface area (Å²) in [5.41, 5.74) is 1.38. The maximum atomic E-state index is 12.1. The first-order chi connectivity index (χ1) is 10.7. The summed E-state index contributed by atoms with van der Waals surface area (Å²) in [7, 11) is 0. The second kappa shape index (κ2) is 8.83. The lowest BCUT2D eigenvalue weighted by atomic mass is 9.78. The van der Waals surface area contributed by atoms with Gasteiger partial charge in [0.1, 0.15) is 0 Å². The Bertz CT molecular complexity index is 484. The van der Waals surface area contributed by atoms with Crippen LogP contribution in [0.25, 0.3) is 0 Å². The summed E-state index contributed by atoms with van der Waals surface area (Å²) < 4.78 is 0. The molecule has 0 atom stereocenters. The Morgan fingerprint density at radius 3 is 2.45 bits per heavy atom. The molecule has 2 N–H and O–H groups in total. The molecular formula is C17H23NO3S. The van der Waals surface area contributed by atoms with Crippen molar-refractivity contribution in [1.29, 1.82) is 0 Å². The van der Waals surface area contributed by atoms with Crippen LogP contribution in [-0.2, 0) is 9.59 Å². The van der Waals surface area contributed by atoms with Gasteiger partial charge in [-0.3, -0.25) is 9.59 Å². The van der Waals surface area contributed by atoms with E-state index in [9.17, 15) is 9.59 Å². The van der Waals surface area contributed by atoms with Crippen molar-refractivity contribution in [2.45, 2.75) is 31.6 Å². The fourth-order valence-corrected chi connectivity index (χ4v) is 3.53. The Labute approximate surface area is 135 Å². The van der Waals surface area contributed by atoms with Crippen molar-refractivity contribution in [3.63, 3.8) is 0 Å². The van der Waals surface area contributed by atoms with Crippen LogP contribution in [-0.4, -0.2) is 35.0 Å². The Balaban J connectivity index is 1.66. The summed E-state index contributed by atoms with van der Waals surface area (Å²) in [5, 5.41) is 11.5. The first-order valence-electron chi connectivity index (χ1n) is 7.79. The summed E-state index contributed by atoms with van der Waals surface area (Å²) >= 11 is 1.33. The molecule has 22 heavy (non-hydrogen) atoms.